The molecular formula is C9H15N3O5. The lowest BCUT2D eigenvalue weighted by Gasteiger charge is -2.36. The van der Waals surface area contributed by atoms with Crippen LogP contribution >= 0.6 is 0 Å². The van der Waals surface area contributed by atoms with Crippen LogP contribution in [0.3, 0.4) is 0 Å². The number of carboxylic acid groups (broad SMARTS) is 1. The quantitative estimate of drug-likeness (QED) is 0.477. The molecule has 0 aliphatic carbocycles. The topological polar surface area (TPSA) is 122 Å². The van der Waals surface area contributed by atoms with Crippen LogP contribution in [-0.2, 0) is 14.3 Å². The van der Waals surface area contributed by atoms with Crippen molar-refractivity contribution < 1.29 is 24.2 Å². The molecule has 0 atom stereocenters. The highest BCUT2D eigenvalue weighted by molar-refractivity contribution is 5.79. The minimum absolute atomic E-state index is 0.180. The summed E-state index contributed by atoms with van der Waals surface area (Å²) < 4.78 is 4.83. The molecule has 0 aromatic rings. The molecule has 0 bridgehead atoms. The van der Waals surface area contributed by atoms with E-state index in [-0.39, 0.29) is 38.9 Å². The molecule has 1 fully saturated rings. The van der Waals surface area contributed by atoms with Gasteiger partial charge in [0.2, 0.25) is 5.91 Å². The molecule has 4 N–H and O–H groups in total. The van der Waals surface area contributed by atoms with Crippen LogP contribution < -0.4 is 11.1 Å². The van der Waals surface area contributed by atoms with E-state index in [1.54, 1.807) is 0 Å². The highest BCUT2D eigenvalue weighted by atomic mass is 16.5. The van der Waals surface area contributed by atoms with Crippen molar-refractivity contribution in [2.45, 2.75) is 0 Å². The van der Waals surface area contributed by atoms with Gasteiger partial charge in [0.15, 0.2) is 0 Å². The average Bonchev–Trinajstić information content (AvgIpc) is 2.13. The molecule has 1 saturated heterocycles. The molecule has 1 aliphatic rings. The summed E-state index contributed by atoms with van der Waals surface area (Å²) in [6.45, 7) is 0.707. The number of likely N-dealkylation sites (tertiary alicyclic amines) is 1. The number of ether oxygens (including phenoxy) is 1. The van der Waals surface area contributed by atoms with E-state index in [1.165, 1.54) is 4.90 Å². The number of nitrogens with zero attached hydrogens (tertiary/aromatic N) is 1. The molecule has 0 spiro atoms. The molecular weight excluding hydrogens is 230 g/mol. The van der Waals surface area contributed by atoms with Crippen molar-refractivity contribution in [2.75, 3.05) is 32.8 Å². The molecule has 1 heterocycles. The summed E-state index contributed by atoms with van der Waals surface area (Å²) in [5.74, 6) is -1.92. The van der Waals surface area contributed by atoms with Crippen LogP contribution in [0.5, 0.6) is 0 Å². The van der Waals surface area contributed by atoms with E-state index in [9.17, 15) is 14.4 Å². The van der Waals surface area contributed by atoms with Crippen LogP contribution in [0.2, 0.25) is 0 Å². The molecule has 0 saturated carbocycles. The third-order valence-electron chi connectivity index (χ3n) is 2.28. The fourth-order valence-corrected chi connectivity index (χ4v) is 1.32. The summed E-state index contributed by atoms with van der Waals surface area (Å²) in [6, 6.07) is -0.329. The Labute approximate surface area is 97.7 Å². The lowest BCUT2D eigenvalue weighted by molar-refractivity contribution is -0.146. The number of carboxylic acids is 1. The number of hydrogen-bond donors (Lipinski definition) is 3. The number of primary amides is 1. The van der Waals surface area contributed by atoms with Crippen LogP contribution in [0.4, 0.5) is 4.79 Å². The third-order valence-corrected chi connectivity index (χ3v) is 2.28. The summed E-state index contributed by atoms with van der Waals surface area (Å²) >= 11 is 0. The molecule has 3 amide bonds. The SMILES string of the molecule is NC(=O)COCCNC(=O)N1CC(C(=O)O)C1. The van der Waals surface area contributed by atoms with Crippen LogP contribution in [0.1, 0.15) is 0 Å². The predicted octanol–water partition coefficient (Wildman–Crippen LogP) is -1.79. The number of carbonyl (C=O) groups excluding carboxylic acids is 2. The van der Waals surface area contributed by atoms with Crippen molar-refractivity contribution in [3.8, 4) is 0 Å². The van der Waals surface area contributed by atoms with E-state index in [1.807, 2.05) is 0 Å². The standard InChI is InChI=1S/C9H15N3O5/c10-7(13)5-17-2-1-11-9(16)12-3-6(4-12)8(14)15/h6H,1-5H2,(H2,10,13)(H,11,16)(H,14,15). The van der Waals surface area contributed by atoms with Gasteiger partial charge in [0.25, 0.3) is 0 Å². The highest BCUT2D eigenvalue weighted by Gasteiger charge is 2.35. The molecule has 0 aromatic heterocycles. The van der Waals surface area contributed by atoms with Crippen molar-refractivity contribution in [2.24, 2.45) is 11.7 Å². The zero-order valence-corrected chi connectivity index (χ0v) is 9.22. The Morgan fingerprint density at radius 3 is 2.59 bits per heavy atom. The Morgan fingerprint density at radius 2 is 2.06 bits per heavy atom. The van der Waals surface area contributed by atoms with Gasteiger partial charge in [-0.05, 0) is 0 Å². The first-order valence-corrected chi connectivity index (χ1v) is 5.12. The minimum Gasteiger partial charge on any atom is -0.481 e. The maximum atomic E-state index is 11.4. The second-order valence-corrected chi connectivity index (χ2v) is 3.69. The van der Waals surface area contributed by atoms with Crippen LogP contribution in [0, 0.1) is 5.92 Å². The first kappa shape index (κ1) is 13.2. The van der Waals surface area contributed by atoms with E-state index in [0.29, 0.717) is 0 Å². The first-order chi connectivity index (χ1) is 8.00. The zero-order valence-electron chi connectivity index (χ0n) is 9.22. The second-order valence-electron chi connectivity index (χ2n) is 3.69. The second kappa shape index (κ2) is 6.04. The van der Waals surface area contributed by atoms with Gasteiger partial charge in [0.1, 0.15) is 6.61 Å². The average molecular weight is 245 g/mol. The van der Waals surface area contributed by atoms with Crippen LogP contribution in [0.25, 0.3) is 0 Å². The van der Waals surface area contributed by atoms with Gasteiger partial charge >= 0.3 is 12.0 Å². The van der Waals surface area contributed by atoms with Crippen LogP contribution in [0.15, 0.2) is 0 Å². The summed E-state index contributed by atoms with van der Waals surface area (Å²) in [5, 5.41) is 11.1. The van der Waals surface area contributed by atoms with Crippen molar-refractivity contribution in [3.63, 3.8) is 0 Å². The number of nitrogens with two attached hydrogens (primary N) is 1. The highest BCUT2D eigenvalue weighted by Crippen LogP contribution is 2.14. The molecule has 0 aromatic carbocycles. The smallest absolute Gasteiger partial charge is 0.317 e. The first-order valence-electron chi connectivity index (χ1n) is 5.12. The molecule has 0 unspecified atom stereocenters. The predicted molar refractivity (Wildman–Crippen MR) is 56.1 cm³/mol. The van der Waals surface area contributed by atoms with Gasteiger partial charge in [-0.25, -0.2) is 4.79 Å². The van der Waals surface area contributed by atoms with Crippen molar-refractivity contribution >= 4 is 17.9 Å². The number of amides is 3. The Bertz CT molecular complexity index is 314. The number of rotatable bonds is 6. The van der Waals surface area contributed by atoms with Gasteiger partial charge in [-0.3, -0.25) is 9.59 Å². The zero-order chi connectivity index (χ0) is 12.8. The third kappa shape index (κ3) is 4.27. The number of nitrogens with one attached hydrogen (secondary N) is 1. The molecule has 1 rings (SSSR count). The summed E-state index contributed by atoms with van der Waals surface area (Å²) in [6.07, 6.45) is 0. The summed E-state index contributed by atoms with van der Waals surface area (Å²) in [7, 11) is 0. The molecule has 8 heteroatoms. The van der Waals surface area contributed by atoms with Crippen molar-refractivity contribution in [1.82, 2.24) is 10.2 Å². The van der Waals surface area contributed by atoms with Gasteiger partial charge in [-0.2, -0.15) is 0 Å². The number of hydrogen-bond acceptors (Lipinski definition) is 4. The summed E-state index contributed by atoms with van der Waals surface area (Å²) in [4.78, 5) is 33.6. The maximum absolute atomic E-state index is 11.4. The van der Waals surface area contributed by atoms with Gasteiger partial charge in [0, 0.05) is 19.6 Å². The van der Waals surface area contributed by atoms with E-state index in [0.717, 1.165) is 0 Å². The van der Waals surface area contributed by atoms with Crippen molar-refractivity contribution in [3.05, 3.63) is 0 Å². The van der Waals surface area contributed by atoms with Gasteiger partial charge < -0.3 is 25.8 Å². The van der Waals surface area contributed by atoms with Gasteiger partial charge in [-0.15, -0.1) is 0 Å². The lowest BCUT2D eigenvalue weighted by Crippen LogP contribution is -2.56. The molecule has 8 nitrogen and oxygen atoms in total. The molecule has 96 valence electrons. The normalized spacial score (nSPS) is 15.2. The number of carbonyl (C=O) groups is 3. The Hall–Kier alpha value is -1.83. The summed E-state index contributed by atoms with van der Waals surface area (Å²) in [5.41, 5.74) is 4.84. The minimum atomic E-state index is -0.890. The van der Waals surface area contributed by atoms with E-state index < -0.39 is 17.8 Å². The van der Waals surface area contributed by atoms with Gasteiger partial charge in [0.05, 0.1) is 12.5 Å². The number of urea groups is 1. The largest absolute Gasteiger partial charge is 0.481 e. The number of aliphatic carboxylic acids is 1. The Balaban J connectivity index is 2.03. The monoisotopic (exact) mass is 245 g/mol. The maximum Gasteiger partial charge on any atom is 0.317 e. The fraction of sp³-hybridized carbons (Fsp3) is 0.667. The van der Waals surface area contributed by atoms with E-state index >= 15 is 0 Å². The molecule has 0 radical (unpaired) electrons. The Kier molecular flexibility index (Phi) is 4.70. The molecule has 1 aliphatic heterocycles. The Morgan fingerprint density at radius 1 is 1.41 bits per heavy atom. The van der Waals surface area contributed by atoms with Gasteiger partial charge in [-0.1, -0.05) is 0 Å². The van der Waals surface area contributed by atoms with Crippen LogP contribution in [-0.4, -0.2) is 60.8 Å². The fourth-order valence-electron chi connectivity index (χ4n) is 1.32. The van der Waals surface area contributed by atoms with Crippen molar-refractivity contribution in [1.29, 1.82) is 0 Å². The van der Waals surface area contributed by atoms with E-state index in [4.69, 9.17) is 15.6 Å². The lowest BCUT2D eigenvalue weighted by atomic mass is 10.0. The van der Waals surface area contributed by atoms with E-state index in [2.05, 4.69) is 5.32 Å². The molecule has 17 heavy (non-hydrogen) atoms.